The predicted molar refractivity (Wildman–Crippen MR) is 59.6 cm³/mol. The van der Waals surface area contributed by atoms with Crippen LogP contribution in [-0.2, 0) is 5.41 Å². The van der Waals surface area contributed by atoms with Crippen molar-refractivity contribution in [3.8, 4) is 6.07 Å². The maximum atomic E-state index is 9.34. The van der Waals surface area contributed by atoms with E-state index >= 15 is 0 Å². The van der Waals surface area contributed by atoms with Crippen molar-refractivity contribution >= 4 is 11.6 Å². The number of nitriles is 1. The van der Waals surface area contributed by atoms with Crippen LogP contribution in [0.1, 0.15) is 37.8 Å². The van der Waals surface area contributed by atoms with Gasteiger partial charge in [0.2, 0.25) is 0 Å². The van der Waals surface area contributed by atoms with Crippen molar-refractivity contribution in [2.24, 2.45) is 0 Å². The zero-order valence-corrected chi connectivity index (χ0v) is 9.30. The summed E-state index contributed by atoms with van der Waals surface area (Å²) in [6.07, 6.45) is 6.97. The van der Waals surface area contributed by atoms with Crippen molar-refractivity contribution in [2.75, 3.05) is 0 Å². The van der Waals surface area contributed by atoms with Gasteiger partial charge in [-0.1, -0.05) is 30.9 Å². The Morgan fingerprint density at radius 2 is 2.00 bits per heavy atom. The minimum absolute atomic E-state index is 0.358. The fourth-order valence-electron chi connectivity index (χ4n) is 2.24. The second kappa shape index (κ2) is 4.20. The maximum Gasteiger partial charge on any atom is 0.0993 e. The minimum Gasteiger partial charge on any atom is -0.258 e. The summed E-state index contributed by atoms with van der Waals surface area (Å²) < 4.78 is 0. The van der Waals surface area contributed by atoms with E-state index in [-0.39, 0.29) is 5.41 Å². The third-order valence-electron chi connectivity index (χ3n) is 3.14. The number of hydrogen-bond donors (Lipinski definition) is 0. The third kappa shape index (κ3) is 1.98. The fraction of sp³-hybridized carbons (Fsp3) is 0.500. The van der Waals surface area contributed by atoms with Gasteiger partial charge in [0.25, 0.3) is 0 Å². The van der Waals surface area contributed by atoms with Gasteiger partial charge in [-0.25, -0.2) is 0 Å². The molecule has 0 amide bonds. The molecule has 3 heteroatoms. The summed E-state index contributed by atoms with van der Waals surface area (Å²) in [6, 6.07) is 6.15. The van der Waals surface area contributed by atoms with Crippen molar-refractivity contribution in [1.82, 2.24) is 4.98 Å². The van der Waals surface area contributed by atoms with Crippen LogP contribution in [0.15, 0.2) is 18.3 Å². The zero-order valence-electron chi connectivity index (χ0n) is 8.54. The average molecular weight is 221 g/mol. The van der Waals surface area contributed by atoms with Crippen molar-refractivity contribution in [3.63, 3.8) is 0 Å². The Kier molecular flexibility index (Phi) is 2.93. The van der Waals surface area contributed by atoms with Crippen LogP contribution < -0.4 is 0 Å². The van der Waals surface area contributed by atoms with Gasteiger partial charge in [0.1, 0.15) is 0 Å². The van der Waals surface area contributed by atoms with E-state index in [1.165, 1.54) is 6.42 Å². The Morgan fingerprint density at radius 3 is 2.53 bits per heavy atom. The van der Waals surface area contributed by atoms with Gasteiger partial charge in [0.05, 0.1) is 22.2 Å². The highest BCUT2D eigenvalue weighted by Crippen LogP contribution is 2.37. The van der Waals surface area contributed by atoms with Crippen LogP contribution in [0, 0.1) is 11.3 Å². The molecule has 1 fully saturated rings. The molecule has 2 rings (SSSR count). The SMILES string of the molecule is N#CC1(c2ccc(Cl)cn2)CCCCC1. The molecule has 0 spiro atoms. The molecule has 2 nitrogen and oxygen atoms in total. The second-order valence-electron chi connectivity index (χ2n) is 4.12. The predicted octanol–water partition coefficient (Wildman–Crippen LogP) is 3.46. The number of aromatic nitrogens is 1. The van der Waals surface area contributed by atoms with Gasteiger partial charge in [-0.15, -0.1) is 0 Å². The summed E-state index contributed by atoms with van der Waals surface area (Å²) in [7, 11) is 0. The maximum absolute atomic E-state index is 9.34. The molecule has 0 aliphatic heterocycles. The van der Waals surface area contributed by atoms with E-state index in [9.17, 15) is 5.26 Å². The lowest BCUT2D eigenvalue weighted by molar-refractivity contribution is 0.358. The molecule has 1 heterocycles. The lowest BCUT2D eigenvalue weighted by Gasteiger charge is -2.29. The molecule has 0 N–H and O–H groups in total. The normalized spacial score (nSPS) is 19.5. The first-order chi connectivity index (χ1) is 7.27. The van der Waals surface area contributed by atoms with Crippen LogP contribution in [0.25, 0.3) is 0 Å². The summed E-state index contributed by atoms with van der Waals surface area (Å²) in [4.78, 5) is 4.29. The summed E-state index contributed by atoms with van der Waals surface area (Å²) in [6.45, 7) is 0. The molecule has 1 aromatic heterocycles. The highest BCUT2D eigenvalue weighted by atomic mass is 35.5. The van der Waals surface area contributed by atoms with Gasteiger partial charge in [-0.2, -0.15) is 5.26 Å². The smallest absolute Gasteiger partial charge is 0.0993 e. The van der Waals surface area contributed by atoms with Gasteiger partial charge >= 0.3 is 0 Å². The van der Waals surface area contributed by atoms with E-state index < -0.39 is 0 Å². The molecule has 0 radical (unpaired) electrons. The molecule has 1 aromatic rings. The quantitative estimate of drug-likeness (QED) is 0.727. The van der Waals surface area contributed by atoms with E-state index in [0.29, 0.717) is 5.02 Å². The highest BCUT2D eigenvalue weighted by molar-refractivity contribution is 6.30. The topological polar surface area (TPSA) is 36.7 Å². The summed E-state index contributed by atoms with van der Waals surface area (Å²) in [5, 5.41) is 9.97. The van der Waals surface area contributed by atoms with E-state index in [4.69, 9.17) is 11.6 Å². The van der Waals surface area contributed by atoms with Gasteiger partial charge in [0.15, 0.2) is 0 Å². The third-order valence-corrected chi connectivity index (χ3v) is 3.36. The molecule has 0 saturated heterocycles. The summed E-state index contributed by atoms with van der Waals surface area (Å²) in [5.74, 6) is 0. The van der Waals surface area contributed by atoms with Crippen molar-refractivity contribution < 1.29 is 0 Å². The molecule has 0 atom stereocenters. The minimum atomic E-state index is -0.358. The van der Waals surface area contributed by atoms with Gasteiger partial charge in [0, 0.05) is 6.20 Å². The standard InChI is InChI=1S/C12H13ClN2/c13-10-4-5-11(15-8-10)12(9-14)6-2-1-3-7-12/h4-5,8H,1-3,6-7H2. The number of rotatable bonds is 1. The molecule has 1 aliphatic carbocycles. The highest BCUT2D eigenvalue weighted by Gasteiger charge is 2.35. The molecule has 0 bridgehead atoms. The molecule has 0 unspecified atom stereocenters. The van der Waals surface area contributed by atoms with Gasteiger partial charge in [-0.05, 0) is 25.0 Å². The van der Waals surface area contributed by atoms with Crippen LogP contribution in [0.5, 0.6) is 0 Å². The van der Waals surface area contributed by atoms with Gasteiger partial charge < -0.3 is 0 Å². The first-order valence-corrected chi connectivity index (χ1v) is 5.68. The van der Waals surface area contributed by atoms with Gasteiger partial charge in [-0.3, -0.25) is 4.98 Å². The van der Waals surface area contributed by atoms with E-state index in [1.54, 1.807) is 6.20 Å². The zero-order chi connectivity index (χ0) is 10.7. The van der Waals surface area contributed by atoms with Crippen molar-refractivity contribution in [2.45, 2.75) is 37.5 Å². The molecular formula is C12H13ClN2. The Labute approximate surface area is 94.9 Å². The monoisotopic (exact) mass is 220 g/mol. The van der Waals surface area contributed by atoms with Crippen molar-refractivity contribution in [1.29, 1.82) is 5.26 Å². The average Bonchev–Trinajstić information content (AvgIpc) is 2.31. The Hall–Kier alpha value is -1.07. The first-order valence-electron chi connectivity index (χ1n) is 5.30. The number of halogens is 1. The number of pyridine rings is 1. The Bertz CT molecular complexity index is 372. The summed E-state index contributed by atoms with van der Waals surface area (Å²) in [5.41, 5.74) is 0.525. The van der Waals surface area contributed by atoms with E-state index in [2.05, 4.69) is 11.1 Å². The van der Waals surface area contributed by atoms with Crippen LogP contribution in [-0.4, -0.2) is 4.98 Å². The fourth-order valence-corrected chi connectivity index (χ4v) is 2.35. The van der Waals surface area contributed by atoms with E-state index in [1.807, 2.05) is 12.1 Å². The van der Waals surface area contributed by atoms with Crippen molar-refractivity contribution in [3.05, 3.63) is 29.0 Å². The molecule has 1 saturated carbocycles. The lowest BCUT2D eigenvalue weighted by atomic mass is 9.73. The first kappa shape index (κ1) is 10.4. The largest absolute Gasteiger partial charge is 0.258 e. The molecule has 0 aromatic carbocycles. The van der Waals surface area contributed by atoms with Crippen LogP contribution in [0.2, 0.25) is 5.02 Å². The molecule has 15 heavy (non-hydrogen) atoms. The molecule has 78 valence electrons. The lowest BCUT2D eigenvalue weighted by Crippen LogP contribution is -2.28. The molecular weight excluding hydrogens is 208 g/mol. The Balaban J connectivity index is 2.33. The molecule has 1 aliphatic rings. The van der Waals surface area contributed by atoms with Crippen LogP contribution in [0.4, 0.5) is 0 Å². The number of nitrogens with zero attached hydrogens (tertiary/aromatic N) is 2. The summed E-state index contributed by atoms with van der Waals surface area (Å²) >= 11 is 5.79. The van der Waals surface area contributed by atoms with Crippen LogP contribution in [0.3, 0.4) is 0 Å². The second-order valence-corrected chi connectivity index (χ2v) is 4.55. The Morgan fingerprint density at radius 1 is 1.27 bits per heavy atom. The van der Waals surface area contributed by atoms with Crippen LogP contribution >= 0.6 is 11.6 Å². The number of hydrogen-bond acceptors (Lipinski definition) is 2. The van der Waals surface area contributed by atoms with E-state index in [0.717, 1.165) is 31.4 Å².